The van der Waals surface area contributed by atoms with Crippen molar-refractivity contribution in [1.82, 2.24) is 14.9 Å². The molecule has 0 amide bonds. The fourth-order valence-electron chi connectivity index (χ4n) is 3.55. The molecule has 1 aromatic carbocycles. The van der Waals surface area contributed by atoms with Crippen molar-refractivity contribution in [1.29, 1.82) is 0 Å². The minimum Gasteiger partial charge on any atom is -0.343 e. The molecule has 0 spiro atoms. The van der Waals surface area contributed by atoms with Crippen molar-refractivity contribution in [3.05, 3.63) is 65.7 Å². The van der Waals surface area contributed by atoms with Gasteiger partial charge in [-0.15, -0.1) is 0 Å². The van der Waals surface area contributed by atoms with Crippen LogP contribution < -0.4 is 0 Å². The van der Waals surface area contributed by atoms with Gasteiger partial charge in [0.2, 0.25) is 0 Å². The van der Waals surface area contributed by atoms with E-state index in [-0.39, 0.29) is 5.82 Å². The first-order valence-corrected chi connectivity index (χ1v) is 8.18. The Kier molecular flexibility index (Phi) is 3.83. The maximum absolute atomic E-state index is 13.4. The lowest BCUT2D eigenvalue weighted by atomic mass is 9.94. The van der Waals surface area contributed by atoms with Crippen molar-refractivity contribution in [3.8, 4) is 0 Å². The van der Waals surface area contributed by atoms with Crippen LogP contribution in [0.4, 0.5) is 4.39 Å². The molecule has 1 unspecified atom stereocenters. The second-order valence-electron chi connectivity index (χ2n) is 6.37. The second-order valence-corrected chi connectivity index (χ2v) is 6.37. The van der Waals surface area contributed by atoms with Crippen molar-refractivity contribution in [2.75, 3.05) is 13.1 Å². The minimum absolute atomic E-state index is 0.155. The topological polar surface area (TPSA) is 31.9 Å². The van der Waals surface area contributed by atoms with Gasteiger partial charge in [-0.2, -0.15) is 0 Å². The number of fused-ring (bicyclic) bond motifs is 1. The zero-order valence-electron chi connectivity index (χ0n) is 13.0. The van der Waals surface area contributed by atoms with Crippen LogP contribution in [-0.4, -0.2) is 28.0 Å². The van der Waals surface area contributed by atoms with Crippen molar-refractivity contribution in [3.63, 3.8) is 0 Å². The molecule has 1 aliphatic heterocycles. The molecule has 118 valence electrons. The maximum atomic E-state index is 13.4. The first kappa shape index (κ1) is 14.4. The monoisotopic (exact) mass is 309 g/mol. The first-order chi connectivity index (χ1) is 11.3. The van der Waals surface area contributed by atoms with Gasteiger partial charge in [0, 0.05) is 36.3 Å². The molecule has 0 bridgehead atoms. The lowest BCUT2D eigenvalue weighted by molar-refractivity contribution is 0.198. The quantitative estimate of drug-likeness (QED) is 0.790. The Morgan fingerprint density at radius 1 is 1.22 bits per heavy atom. The van der Waals surface area contributed by atoms with Crippen molar-refractivity contribution < 1.29 is 4.39 Å². The summed E-state index contributed by atoms with van der Waals surface area (Å²) in [5.41, 5.74) is 3.27. The summed E-state index contributed by atoms with van der Waals surface area (Å²) in [4.78, 5) is 10.3. The molecule has 3 nitrogen and oxygen atoms in total. The third-order valence-corrected chi connectivity index (χ3v) is 4.65. The molecule has 2 aromatic heterocycles. The van der Waals surface area contributed by atoms with E-state index in [4.69, 9.17) is 0 Å². The Labute approximate surface area is 135 Å². The number of rotatable bonds is 3. The van der Waals surface area contributed by atoms with Gasteiger partial charge in [0.1, 0.15) is 11.5 Å². The zero-order chi connectivity index (χ0) is 15.6. The van der Waals surface area contributed by atoms with Crippen LogP contribution in [0.2, 0.25) is 0 Å². The average molecular weight is 309 g/mol. The maximum Gasteiger partial charge on any atom is 0.137 e. The third-order valence-electron chi connectivity index (χ3n) is 4.65. The number of pyridine rings is 1. The van der Waals surface area contributed by atoms with Crippen LogP contribution in [0.5, 0.6) is 0 Å². The van der Waals surface area contributed by atoms with Gasteiger partial charge in [-0.25, -0.2) is 9.37 Å². The van der Waals surface area contributed by atoms with Crippen molar-refractivity contribution in [2.24, 2.45) is 0 Å². The largest absolute Gasteiger partial charge is 0.343 e. The summed E-state index contributed by atoms with van der Waals surface area (Å²) in [7, 11) is 0. The number of hydrogen-bond acceptors (Lipinski definition) is 2. The molecular weight excluding hydrogens is 289 g/mol. The summed E-state index contributed by atoms with van der Waals surface area (Å²) in [5.74, 6) is 0.337. The lowest BCUT2D eigenvalue weighted by Crippen LogP contribution is -2.34. The van der Waals surface area contributed by atoms with Crippen molar-refractivity contribution >= 4 is 11.0 Å². The van der Waals surface area contributed by atoms with E-state index in [9.17, 15) is 4.39 Å². The Morgan fingerprint density at radius 3 is 3.04 bits per heavy atom. The van der Waals surface area contributed by atoms with Gasteiger partial charge >= 0.3 is 0 Å². The molecule has 0 aliphatic carbocycles. The summed E-state index contributed by atoms with van der Waals surface area (Å²) in [6.07, 6.45) is 4.18. The molecule has 1 fully saturated rings. The predicted molar refractivity (Wildman–Crippen MR) is 89.7 cm³/mol. The molecule has 1 N–H and O–H groups in total. The number of aromatic amines is 1. The fraction of sp³-hybridized carbons (Fsp3) is 0.316. The molecular formula is C19H20FN3. The average Bonchev–Trinajstić information content (AvgIpc) is 2.99. The predicted octanol–water partition coefficient (Wildman–Crippen LogP) is 4.08. The van der Waals surface area contributed by atoms with E-state index in [0.717, 1.165) is 30.8 Å². The van der Waals surface area contributed by atoms with E-state index >= 15 is 0 Å². The Morgan fingerprint density at radius 2 is 2.17 bits per heavy atom. The molecule has 1 aliphatic rings. The van der Waals surface area contributed by atoms with Gasteiger partial charge < -0.3 is 4.98 Å². The number of benzene rings is 1. The van der Waals surface area contributed by atoms with Gasteiger partial charge in [0.15, 0.2) is 0 Å². The highest BCUT2D eigenvalue weighted by Gasteiger charge is 2.23. The van der Waals surface area contributed by atoms with Gasteiger partial charge in [0.25, 0.3) is 0 Å². The number of piperidine rings is 1. The van der Waals surface area contributed by atoms with Crippen LogP contribution in [0, 0.1) is 5.82 Å². The van der Waals surface area contributed by atoms with Gasteiger partial charge in [-0.3, -0.25) is 4.90 Å². The van der Waals surface area contributed by atoms with E-state index in [1.54, 1.807) is 12.1 Å². The van der Waals surface area contributed by atoms with E-state index in [2.05, 4.69) is 27.0 Å². The summed E-state index contributed by atoms with van der Waals surface area (Å²) in [6.45, 7) is 2.89. The van der Waals surface area contributed by atoms with Gasteiger partial charge in [0.05, 0.1) is 0 Å². The molecule has 4 heteroatoms. The van der Waals surface area contributed by atoms with Crippen LogP contribution in [-0.2, 0) is 6.54 Å². The molecule has 0 saturated carbocycles. The smallest absolute Gasteiger partial charge is 0.137 e. The summed E-state index contributed by atoms with van der Waals surface area (Å²) in [6, 6.07) is 13.2. The normalized spacial score (nSPS) is 19.3. The molecule has 4 rings (SSSR count). The fourth-order valence-corrected chi connectivity index (χ4v) is 3.55. The highest BCUT2D eigenvalue weighted by molar-refractivity contribution is 5.76. The van der Waals surface area contributed by atoms with E-state index in [1.165, 1.54) is 30.0 Å². The van der Waals surface area contributed by atoms with Crippen molar-refractivity contribution in [2.45, 2.75) is 25.3 Å². The van der Waals surface area contributed by atoms with Crippen LogP contribution in [0.15, 0.2) is 48.7 Å². The summed E-state index contributed by atoms with van der Waals surface area (Å²) in [5, 5.41) is 1.17. The molecule has 23 heavy (non-hydrogen) atoms. The number of nitrogens with zero attached hydrogens (tertiary/aromatic N) is 2. The standard InChI is InChI=1S/C19H20FN3/c20-17-7-1-4-14(10-17)12-23-9-3-6-16(13-23)18-11-15-5-2-8-21-19(15)22-18/h1-2,4-5,7-8,10-11,16H,3,6,9,12-13H2,(H,21,22). The van der Waals surface area contributed by atoms with Crippen LogP contribution in [0.3, 0.4) is 0 Å². The van der Waals surface area contributed by atoms with E-state index in [1.807, 2.05) is 18.3 Å². The number of hydrogen-bond donors (Lipinski definition) is 1. The lowest BCUT2D eigenvalue weighted by Gasteiger charge is -2.32. The number of likely N-dealkylation sites (tertiary alicyclic amines) is 1. The third kappa shape index (κ3) is 3.13. The Bertz CT molecular complexity index is 778. The van der Waals surface area contributed by atoms with Crippen LogP contribution in [0.25, 0.3) is 11.0 Å². The van der Waals surface area contributed by atoms with Crippen LogP contribution in [0.1, 0.15) is 30.0 Å². The summed E-state index contributed by atoms with van der Waals surface area (Å²) >= 11 is 0. The second kappa shape index (κ2) is 6.13. The zero-order valence-corrected chi connectivity index (χ0v) is 13.0. The Balaban J connectivity index is 1.50. The number of halogens is 1. The first-order valence-electron chi connectivity index (χ1n) is 8.18. The highest BCUT2D eigenvalue weighted by Crippen LogP contribution is 2.29. The van der Waals surface area contributed by atoms with E-state index in [0.29, 0.717) is 5.92 Å². The Hall–Kier alpha value is -2.20. The van der Waals surface area contributed by atoms with E-state index < -0.39 is 0 Å². The van der Waals surface area contributed by atoms with Crippen LogP contribution >= 0.6 is 0 Å². The molecule has 3 aromatic rings. The number of H-pyrrole nitrogens is 1. The molecule has 1 saturated heterocycles. The summed E-state index contributed by atoms with van der Waals surface area (Å²) < 4.78 is 13.4. The van der Waals surface area contributed by atoms with Gasteiger partial charge in [-0.05, 0) is 55.3 Å². The van der Waals surface area contributed by atoms with Gasteiger partial charge in [-0.1, -0.05) is 12.1 Å². The molecule has 1 atom stereocenters. The SMILES string of the molecule is Fc1cccc(CN2CCCC(c3cc4cccnc4[nH]3)C2)c1. The number of nitrogens with one attached hydrogen (secondary N) is 1. The molecule has 0 radical (unpaired) electrons. The minimum atomic E-state index is -0.155. The molecule has 3 heterocycles. The highest BCUT2D eigenvalue weighted by atomic mass is 19.1. The number of aromatic nitrogens is 2.